The smallest absolute Gasteiger partial charge is 0.0671 e. The lowest BCUT2D eigenvalue weighted by Crippen LogP contribution is -2.04. The summed E-state index contributed by atoms with van der Waals surface area (Å²) in [4.78, 5) is 0. The number of nitrogens with zero attached hydrogens (tertiary/aromatic N) is 1. The molecular weight excluding hydrogens is 246 g/mol. The number of hydrogen-bond donors (Lipinski definition) is 0. The average Bonchev–Trinajstić information content (AvgIpc) is 2.66. The number of hydrogen-bond acceptors (Lipinski definition) is 1. The molecule has 0 saturated heterocycles. The van der Waals surface area contributed by atoms with Crippen molar-refractivity contribution in [1.29, 1.82) is 0 Å². The van der Waals surface area contributed by atoms with E-state index in [0.29, 0.717) is 0 Å². The maximum atomic E-state index is 6.35. The molecule has 0 N–H and O–H groups in total. The fourth-order valence-electron chi connectivity index (χ4n) is 2.18. The summed E-state index contributed by atoms with van der Waals surface area (Å²) in [7, 11) is 1.73. The van der Waals surface area contributed by atoms with Crippen LogP contribution >= 0.6 is 11.6 Å². The van der Waals surface area contributed by atoms with Crippen LogP contribution in [-0.2, 0) is 11.3 Å². The third-order valence-corrected chi connectivity index (χ3v) is 3.32. The summed E-state index contributed by atoms with van der Waals surface area (Å²) in [5, 5.41) is 0.816. The normalized spacial score (nSPS) is 10.8. The van der Waals surface area contributed by atoms with Gasteiger partial charge in [0, 0.05) is 26.0 Å². The van der Waals surface area contributed by atoms with Gasteiger partial charge in [-0.1, -0.05) is 41.9 Å². The number of aromatic nitrogens is 1. The molecule has 0 fully saturated rings. The SMILES string of the molecule is COCCCn1c(C)cc(Cl)c1-c1ccccc1. The predicted octanol–water partition coefficient (Wildman–Crippen LogP) is 4.15. The number of methoxy groups -OCH3 is 1. The first kappa shape index (κ1) is 13.2. The summed E-state index contributed by atoms with van der Waals surface area (Å²) in [5.41, 5.74) is 3.45. The topological polar surface area (TPSA) is 14.2 Å². The summed E-state index contributed by atoms with van der Waals surface area (Å²) in [5.74, 6) is 0. The monoisotopic (exact) mass is 263 g/mol. The predicted molar refractivity (Wildman–Crippen MR) is 76.1 cm³/mol. The van der Waals surface area contributed by atoms with Gasteiger partial charge < -0.3 is 9.30 Å². The Morgan fingerprint density at radius 3 is 2.61 bits per heavy atom. The fraction of sp³-hybridized carbons (Fsp3) is 0.333. The molecule has 0 atom stereocenters. The minimum absolute atomic E-state index is 0.767. The lowest BCUT2D eigenvalue weighted by atomic mass is 10.1. The number of rotatable bonds is 5. The molecule has 96 valence electrons. The van der Waals surface area contributed by atoms with Gasteiger partial charge >= 0.3 is 0 Å². The Bertz CT molecular complexity index is 505. The Morgan fingerprint density at radius 2 is 1.94 bits per heavy atom. The van der Waals surface area contributed by atoms with Gasteiger partial charge in [0.25, 0.3) is 0 Å². The van der Waals surface area contributed by atoms with E-state index >= 15 is 0 Å². The van der Waals surface area contributed by atoms with Crippen molar-refractivity contribution >= 4 is 11.6 Å². The highest BCUT2D eigenvalue weighted by Crippen LogP contribution is 2.31. The van der Waals surface area contributed by atoms with Crippen molar-refractivity contribution in [2.45, 2.75) is 19.9 Å². The highest BCUT2D eigenvalue weighted by atomic mass is 35.5. The molecule has 0 radical (unpaired) electrons. The van der Waals surface area contributed by atoms with Crippen LogP contribution in [0.5, 0.6) is 0 Å². The maximum Gasteiger partial charge on any atom is 0.0671 e. The van der Waals surface area contributed by atoms with E-state index in [1.165, 1.54) is 5.69 Å². The molecule has 2 rings (SSSR count). The zero-order valence-corrected chi connectivity index (χ0v) is 11.6. The number of benzene rings is 1. The van der Waals surface area contributed by atoms with Crippen LogP contribution in [0.25, 0.3) is 11.3 Å². The molecule has 2 aromatic rings. The van der Waals surface area contributed by atoms with Crippen LogP contribution < -0.4 is 0 Å². The standard InChI is InChI=1S/C15H18ClNO/c1-12-11-14(16)15(13-7-4-3-5-8-13)17(12)9-6-10-18-2/h3-5,7-8,11H,6,9-10H2,1-2H3. The molecule has 0 aliphatic rings. The molecule has 18 heavy (non-hydrogen) atoms. The lowest BCUT2D eigenvalue weighted by Gasteiger charge is -2.12. The van der Waals surface area contributed by atoms with Crippen LogP contribution in [0, 0.1) is 6.92 Å². The van der Waals surface area contributed by atoms with Crippen LogP contribution in [-0.4, -0.2) is 18.3 Å². The van der Waals surface area contributed by atoms with Crippen molar-refractivity contribution in [3.05, 3.63) is 47.1 Å². The Kier molecular flexibility index (Phi) is 4.45. The quantitative estimate of drug-likeness (QED) is 0.739. The van der Waals surface area contributed by atoms with Crippen LogP contribution in [0.1, 0.15) is 12.1 Å². The molecule has 0 aliphatic heterocycles. The van der Waals surface area contributed by atoms with Gasteiger partial charge in [-0.2, -0.15) is 0 Å². The fourth-order valence-corrected chi connectivity index (χ4v) is 2.55. The van der Waals surface area contributed by atoms with Gasteiger partial charge in [-0.15, -0.1) is 0 Å². The largest absolute Gasteiger partial charge is 0.385 e. The second-order valence-electron chi connectivity index (χ2n) is 4.35. The van der Waals surface area contributed by atoms with E-state index in [4.69, 9.17) is 16.3 Å². The van der Waals surface area contributed by atoms with Gasteiger partial charge in [-0.3, -0.25) is 0 Å². The van der Waals surface area contributed by atoms with Crippen LogP contribution in [0.2, 0.25) is 5.02 Å². The van der Waals surface area contributed by atoms with Gasteiger partial charge in [0.1, 0.15) is 0 Å². The Labute approximate surface area is 113 Å². The molecule has 0 aliphatic carbocycles. The molecule has 0 unspecified atom stereocenters. The van der Waals surface area contributed by atoms with Crippen LogP contribution in [0.3, 0.4) is 0 Å². The minimum atomic E-state index is 0.767. The summed E-state index contributed by atoms with van der Waals surface area (Å²) in [6.07, 6.45) is 0.988. The van der Waals surface area contributed by atoms with E-state index < -0.39 is 0 Å². The summed E-state index contributed by atoms with van der Waals surface area (Å²) in [6.45, 7) is 3.78. The molecule has 3 heteroatoms. The van der Waals surface area contributed by atoms with Crippen molar-refractivity contribution in [2.75, 3.05) is 13.7 Å². The van der Waals surface area contributed by atoms with Crippen molar-refractivity contribution < 1.29 is 4.74 Å². The average molecular weight is 264 g/mol. The molecule has 1 aromatic heterocycles. The van der Waals surface area contributed by atoms with E-state index in [9.17, 15) is 0 Å². The van der Waals surface area contributed by atoms with Crippen LogP contribution in [0.4, 0.5) is 0 Å². The van der Waals surface area contributed by atoms with Crippen molar-refractivity contribution in [2.24, 2.45) is 0 Å². The first-order valence-corrected chi connectivity index (χ1v) is 6.52. The Morgan fingerprint density at radius 1 is 1.22 bits per heavy atom. The van der Waals surface area contributed by atoms with Crippen molar-refractivity contribution in [1.82, 2.24) is 4.57 Å². The van der Waals surface area contributed by atoms with Gasteiger partial charge in [0.2, 0.25) is 0 Å². The number of ether oxygens (including phenoxy) is 1. The zero-order valence-electron chi connectivity index (χ0n) is 10.8. The van der Waals surface area contributed by atoms with Crippen molar-refractivity contribution in [3.8, 4) is 11.3 Å². The maximum absolute atomic E-state index is 6.35. The van der Waals surface area contributed by atoms with Gasteiger partial charge in [0.05, 0.1) is 10.7 Å². The number of aryl methyl sites for hydroxylation is 1. The summed E-state index contributed by atoms with van der Waals surface area (Å²) in [6, 6.07) is 12.3. The highest BCUT2D eigenvalue weighted by molar-refractivity contribution is 6.33. The lowest BCUT2D eigenvalue weighted by molar-refractivity contribution is 0.190. The Hall–Kier alpha value is -1.25. The molecule has 1 heterocycles. The van der Waals surface area contributed by atoms with Crippen LogP contribution in [0.15, 0.2) is 36.4 Å². The second-order valence-corrected chi connectivity index (χ2v) is 4.75. The second kappa shape index (κ2) is 6.07. The van der Waals surface area contributed by atoms with E-state index in [1.54, 1.807) is 7.11 Å². The third-order valence-electron chi connectivity index (χ3n) is 3.03. The molecule has 0 saturated carbocycles. The molecule has 2 nitrogen and oxygen atoms in total. The molecular formula is C15H18ClNO. The zero-order chi connectivity index (χ0) is 13.0. The van der Waals surface area contributed by atoms with E-state index in [-0.39, 0.29) is 0 Å². The summed E-state index contributed by atoms with van der Waals surface area (Å²) < 4.78 is 7.37. The highest BCUT2D eigenvalue weighted by Gasteiger charge is 2.12. The van der Waals surface area contributed by atoms with Gasteiger partial charge in [-0.05, 0) is 25.0 Å². The molecule has 0 bridgehead atoms. The third kappa shape index (κ3) is 2.77. The first-order valence-electron chi connectivity index (χ1n) is 6.14. The van der Waals surface area contributed by atoms with E-state index in [2.05, 4.69) is 23.6 Å². The van der Waals surface area contributed by atoms with E-state index in [0.717, 1.165) is 35.9 Å². The van der Waals surface area contributed by atoms with E-state index in [1.807, 2.05) is 24.3 Å². The minimum Gasteiger partial charge on any atom is -0.385 e. The molecule has 0 amide bonds. The molecule has 1 aromatic carbocycles. The number of halogens is 1. The Balaban J connectivity index is 2.34. The molecule has 0 spiro atoms. The van der Waals surface area contributed by atoms with Gasteiger partial charge in [-0.25, -0.2) is 0 Å². The van der Waals surface area contributed by atoms with Crippen molar-refractivity contribution in [3.63, 3.8) is 0 Å². The summed E-state index contributed by atoms with van der Waals surface area (Å²) >= 11 is 6.35. The first-order chi connectivity index (χ1) is 8.74. The van der Waals surface area contributed by atoms with Gasteiger partial charge in [0.15, 0.2) is 0 Å².